The van der Waals surface area contributed by atoms with Crippen LogP contribution >= 0.6 is 11.3 Å². The summed E-state index contributed by atoms with van der Waals surface area (Å²) in [5.41, 5.74) is 0.682. The fourth-order valence-corrected chi connectivity index (χ4v) is 3.80. The Morgan fingerprint density at radius 3 is 2.58 bits per heavy atom. The van der Waals surface area contributed by atoms with Gasteiger partial charge in [0.15, 0.2) is 11.5 Å². The topological polar surface area (TPSA) is 103 Å². The number of carbonyl (C=O) groups is 3. The van der Waals surface area contributed by atoms with E-state index < -0.39 is 11.4 Å². The largest absolute Gasteiger partial charge is 0.462 e. The highest BCUT2D eigenvalue weighted by Crippen LogP contribution is 2.40. The van der Waals surface area contributed by atoms with Gasteiger partial charge in [-0.25, -0.2) is 4.79 Å². The van der Waals surface area contributed by atoms with Crippen molar-refractivity contribution in [2.75, 3.05) is 25.3 Å². The Kier molecular flexibility index (Phi) is 6.84. The molecule has 0 radical (unpaired) electrons. The number of esters is 1. The minimum atomic E-state index is -0.527. The van der Waals surface area contributed by atoms with Gasteiger partial charge in [0.05, 0.1) is 12.3 Å². The molecule has 0 unspecified atom stereocenters. The Hall–Kier alpha value is -3.07. The first-order chi connectivity index (χ1) is 14.7. The Morgan fingerprint density at radius 1 is 1.13 bits per heavy atom. The predicted octanol–water partition coefficient (Wildman–Crippen LogP) is 3.81. The van der Waals surface area contributed by atoms with Crippen molar-refractivity contribution in [2.45, 2.75) is 34.1 Å². The fourth-order valence-electron chi connectivity index (χ4n) is 2.79. The summed E-state index contributed by atoms with van der Waals surface area (Å²) in [5.74, 6) is 0.347. The van der Waals surface area contributed by atoms with Crippen molar-refractivity contribution >= 4 is 34.8 Å². The molecule has 1 aromatic carbocycles. The Balaban J connectivity index is 1.74. The summed E-state index contributed by atoms with van der Waals surface area (Å²) in [5, 5.41) is 5.51. The van der Waals surface area contributed by atoms with E-state index in [1.807, 2.05) is 12.1 Å². The molecule has 0 aliphatic carbocycles. The second-order valence-electron chi connectivity index (χ2n) is 7.95. The first-order valence-electron chi connectivity index (χ1n) is 9.98. The molecule has 2 heterocycles. The third-order valence-electron chi connectivity index (χ3n) is 4.44. The van der Waals surface area contributed by atoms with Crippen molar-refractivity contribution in [1.82, 2.24) is 5.32 Å². The zero-order valence-corrected chi connectivity index (χ0v) is 18.8. The van der Waals surface area contributed by atoms with Crippen LogP contribution in [0.5, 0.6) is 11.5 Å². The summed E-state index contributed by atoms with van der Waals surface area (Å²) in [6.45, 7) is 7.73. The minimum Gasteiger partial charge on any atom is -0.462 e. The first kappa shape index (κ1) is 22.6. The van der Waals surface area contributed by atoms with Gasteiger partial charge in [-0.15, -0.1) is 11.3 Å². The van der Waals surface area contributed by atoms with Crippen LogP contribution in [0.25, 0.3) is 10.4 Å². The summed E-state index contributed by atoms with van der Waals surface area (Å²) in [7, 11) is 0. The molecule has 1 aliphatic rings. The van der Waals surface area contributed by atoms with Crippen LogP contribution in [0.15, 0.2) is 24.3 Å². The number of nitrogens with one attached hydrogen (secondary N) is 2. The van der Waals surface area contributed by atoms with Gasteiger partial charge in [-0.3, -0.25) is 9.59 Å². The van der Waals surface area contributed by atoms with E-state index in [1.165, 1.54) is 11.3 Å². The zero-order chi connectivity index (χ0) is 22.6. The molecular weight excluding hydrogens is 420 g/mol. The lowest BCUT2D eigenvalue weighted by atomic mass is 9.96. The molecule has 0 atom stereocenters. The van der Waals surface area contributed by atoms with Crippen LogP contribution in [0, 0.1) is 5.41 Å². The molecule has 2 aromatic rings. The first-order valence-corrected chi connectivity index (χ1v) is 10.8. The maximum Gasteiger partial charge on any atom is 0.350 e. The highest BCUT2D eigenvalue weighted by Gasteiger charge is 2.23. The SMILES string of the molecule is CCOC(=O)c1sc(-c2ccc3c(c2)OCO3)cc1NC(=O)CCNC(=O)C(C)(C)C. The van der Waals surface area contributed by atoms with Crippen LogP contribution in [-0.2, 0) is 14.3 Å². The summed E-state index contributed by atoms with van der Waals surface area (Å²) in [6, 6.07) is 7.23. The molecule has 2 N–H and O–H groups in total. The second-order valence-corrected chi connectivity index (χ2v) is 9.00. The molecule has 1 aromatic heterocycles. The van der Waals surface area contributed by atoms with E-state index in [0.717, 1.165) is 10.4 Å². The van der Waals surface area contributed by atoms with Gasteiger partial charge in [0.25, 0.3) is 0 Å². The summed E-state index contributed by atoms with van der Waals surface area (Å²) in [6.07, 6.45) is 0.0826. The summed E-state index contributed by atoms with van der Waals surface area (Å²) >= 11 is 1.22. The Labute approximate surface area is 184 Å². The number of rotatable bonds is 7. The van der Waals surface area contributed by atoms with Gasteiger partial charge < -0.3 is 24.8 Å². The van der Waals surface area contributed by atoms with E-state index in [9.17, 15) is 14.4 Å². The number of amides is 2. The van der Waals surface area contributed by atoms with Crippen molar-refractivity contribution < 1.29 is 28.6 Å². The predicted molar refractivity (Wildman–Crippen MR) is 118 cm³/mol. The van der Waals surface area contributed by atoms with Crippen LogP contribution in [-0.4, -0.2) is 37.7 Å². The van der Waals surface area contributed by atoms with E-state index in [1.54, 1.807) is 39.8 Å². The van der Waals surface area contributed by atoms with Crippen molar-refractivity contribution in [3.8, 4) is 21.9 Å². The third kappa shape index (κ3) is 5.55. The molecule has 0 bridgehead atoms. The van der Waals surface area contributed by atoms with Gasteiger partial charge in [0.2, 0.25) is 18.6 Å². The van der Waals surface area contributed by atoms with Crippen LogP contribution in [0.2, 0.25) is 0 Å². The number of benzene rings is 1. The molecule has 8 nitrogen and oxygen atoms in total. The third-order valence-corrected chi connectivity index (χ3v) is 5.61. The maximum absolute atomic E-state index is 12.4. The fraction of sp³-hybridized carbons (Fsp3) is 0.409. The van der Waals surface area contributed by atoms with Crippen molar-refractivity contribution in [3.05, 3.63) is 29.1 Å². The molecule has 31 heavy (non-hydrogen) atoms. The molecule has 0 saturated heterocycles. The molecule has 0 saturated carbocycles. The van der Waals surface area contributed by atoms with Gasteiger partial charge >= 0.3 is 5.97 Å². The van der Waals surface area contributed by atoms with E-state index in [-0.39, 0.29) is 38.2 Å². The van der Waals surface area contributed by atoms with Crippen molar-refractivity contribution in [2.24, 2.45) is 5.41 Å². The maximum atomic E-state index is 12.4. The van der Waals surface area contributed by atoms with Gasteiger partial charge in [-0.2, -0.15) is 0 Å². The standard InChI is InChI=1S/C22H26N2O6S/c1-5-28-20(26)19-14(24-18(25)8-9-23-21(27)22(2,3)4)11-17(31-19)13-6-7-15-16(10-13)30-12-29-15/h6-7,10-11H,5,8-9,12H2,1-4H3,(H,23,27)(H,24,25). The van der Waals surface area contributed by atoms with Gasteiger partial charge in [-0.05, 0) is 36.8 Å². The highest BCUT2D eigenvalue weighted by atomic mass is 32.1. The average molecular weight is 447 g/mol. The molecule has 166 valence electrons. The van der Waals surface area contributed by atoms with Crippen LogP contribution in [0.3, 0.4) is 0 Å². The van der Waals surface area contributed by atoms with E-state index in [2.05, 4.69) is 10.6 Å². The second kappa shape index (κ2) is 9.38. The number of hydrogen-bond donors (Lipinski definition) is 2. The van der Waals surface area contributed by atoms with Crippen LogP contribution in [0.4, 0.5) is 5.69 Å². The van der Waals surface area contributed by atoms with Crippen LogP contribution < -0.4 is 20.1 Å². The molecule has 9 heteroatoms. The molecule has 3 rings (SSSR count). The quantitative estimate of drug-likeness (QED) is 0.627. The van der Waals surface area contributed by atoms with E-state index in [4.69, 9.17) is 14.2 Å². The number of carbonyl (C=O) groups excluding carboxylic acids is 3. The van der Waals surface area contributed by atoms with Crippen molar-refractivity contribution in [1.29, 1.82) is 0 Å². The van der Waals surface area contributed by atoms with Crippen LogP contribution in [0.1, 0.15) is 43.8 Å². The number of ether oxygens (including phenoxy) is 3. The Morgan fingerprint density at radius 2 is 1.87 bits per heavy atom. The normalized spacial score (nSPS) is 12.4. The van der Waals surface area contributed by atoms with E-state index in [0.29, 0.717) is 22.1 Å². The highest BCUT2D eigenvalue weighted by molar-refractivity contribution is 7.18. The monoisotopic (exact) mass is 446 g/mol. The molecule has 0 spiro atoms. The Bertz CT molecular complexity index is 992. The minimum absolute atomic E-state index is 0.0826. The lowest BCUT2D eigenvalue weighted by Gasteiger charge is -2.17. The number of thiophene rings is 1. The lowest BCUT2D eigenvalue weighted by Crippen LogP contribution is -2.36. The molecule has 2 amide bonds. The lowest BCUT2D eigenvalue weighted by molar-refractivity contribution is -0.128. The number of anilines is 1. The molecular formula is C22H26N2O6S. The van der Waals surface area contributed by atoms with Gasteiger partial charge in [0, 0.05) is 23.3 Å². The number of hydrogen-bond acceptors (Lipinski definition) is 7. The zero-order valence-electron chi connectivity index (χ0n) is 18.0. The summed E-state index contributed by atoms with van der Waals surface area (Å²) in [4.78, 5) is 37.9. The van der Waals surface area contributed by atoms with E-state index >= 15 is 0 Å². The van der Waals surface area contributed by atoms with Crippen molar-refractivity contribution in [3.63, 3.8) is 0 Å². The molecule has 0 fully saturated rings. The molecule has 1 aliphatic heterocycles. The smallest absolute Gasteiger partial charge is 0.350 e. The number of fused-ring (bicyclic) bond motifs is 1. The summed E-state index contributed by atoms with van der Waals surface area (Å²) < 4.78 is 15.9. The van der Waals surface area contributed by atoms with Gasteiger partial charge in [0.1, 0.15) is 4.88 Å². The average Bonchev–Trinajstić information content (AvgIpc) is 3.33. The van der Waals surface area contributed by atoms with Gasteiger partial charge in [-0.1, -0.05) is 20.8 Å².